The Hall–Kier alpha value is -2.94. The molecular weight excluding hydrogens is 363 g/mol. The second kappa shape index (κ2) is 9.13. The highest BCUT2D eigenvalue weighted by atomic mass is 19.4. The van der Waals surface area contributed by atoms with E-state index in [2.05, 4.69) is 15.6 Å². The van der Waals surface area contributed by atoms with Crippen molar-refractivity contribution in [1.82, 2.24) is 10.3 Å². The third kappa shape index (κ3) is 5.78. The van der Waals surface area contributed by atoms with E-state index >= 15 is 0 Å². The molecule has 1 heterocycles. The summed E-state index contributed by atoms with van der Waals surface area (Å²) in [7, 11) is 1.54. The minimum Gasteiger partial charge on any atom is -0.385 e. The molecule has 0 atom stereocenters. The van der Waals surface area contributed by atoms with Gasteiger partial charge in [-0.2, -0.15) is 13.2 Å². The monoisotopic (exact) mass is 381 g/mol. The van der Waals surface area contributed by atoms with Gasteiger partial charge in [-0.25, -0.2) is 0 Å². The van der Waals surface area contributed by atoms with Crippen LogP contribution in [0.4, 0.5) is 18.9 Å². The molecule has 0 aliphatic heterocycles. The van der Waals surface area contributed by atoms with E-state index in [9.17, 15) is 22.8 Å². The number of carbonyl (C=O) groups is 2. The number of nitrogens with one attached hydrogen (secondary N) is 2. The smallest absolute Gasteiger partial charge is 0.385 e. The van der Waals surface area contributed by atoms with Crippen molar-refractivity contribution in [2.75, 3.05) is 25.6 Å². The lowest BCUT2D eigenvalue weighted by Gasteiger charge is -2.13. The number of halogens is 3. The SMILES string of the molecule is COCCCNC(=O)c1cc(C(=O)Nc2ccccc2C(F)(F)F)ccn1. The van der Waals surface area contributed by atoms with Crippen LogP contribution >= 0.6 is 0 Å². The number of ether oxygens (including phenoxy) is 1. The standard InChI is InChI=1S/C18H18F3N3O3/c1-27-10-4-8-23-17(26)15-11-12(7-9-22-15)16(25)24-14-6-3-2-5-13(14)18(19,20)21/h2-3,5-7,9,11H,4,8,10H2,1H3,(H,23,26)(H,24,25). The van der Waals surface area contributed by atoms with Gasteiger partial charge in [0.05, 0.1) is 11.3 Å². The summed E-state index contributed by atoms with van der Waals surface area (Å²) >= 11 is 0. The molecule has 2 amide bonds. The predicted octanol–water partition coefficient (Wildman–Crippen LogP) is 3.12. The zero-order valence-electron chi connectivity index (χ0n) is 14.5. The van der Waals surface area contributed by atoms with E-state index in [4.69, 9.17) is 4.74 Å². The minimum absolute atomic E-state index is 0.0100. The first-order valence-electron chi connectivity index (χ1n) is 8.03. The van der Waals surface area contributed by atoms with Gasteiger partial charge in [0.15, 0.2) is 0 Å². The highest BCUT2D eigenvalue weighted by molar-refractivity contribution is 6.06. The van der Waals surface area contributed by atoms with Gasteiger partial charge in [-0.1, -0.05) is 12.1 Å². The minimum atomic E-state index is -4.60. The Labute approximate surface area is 153 Å². The lowest BCUT2D eigenvalue weighted by molar-refractivity contribution is -0.136. The number of carbonyl (C=O) groups excluding carboxylic acids is 2. The second-order valence-electron chi connectivity index (χ2n) is 5.53. The van der Waals surface area contributed by atoms with Gasteiger partial charge in [0.25, 0.3) is 11.8 Å². The Balaban J connectivity index is 2.11. The summed E-state index contributed by atoms with van der Waals surface area (Å²) in [5, 5.41) is 4.84. The molecule has 6 nitrogen and oxygen atoms in total. The molecule has 0 aliphatic rings. The van der Waals surface area contributed by atoms with Crippen LogP contribution in [0.2, 0.25) is 0 Å². The Morgan fingerprint density at radius 1 is 1.15 bits per heavy atom. The number of pyridine rings is 1. The molecule has 0 spiro atoms. The van der Waals surface area contributed by atoms with Gasteiger partial charge >= 0.3 is 6.18 Å². The van der Waals surface area contributed by atoms with Gasteiger partial charge in [0.1, 0.15) is 5.69 Å². The molecular formula is C18H18F3N3O3. The first kappa shape index (κ1) is 20.4. The fourth-order valence-electron chi connectivity index (χ4n) is 2.24. The number of benzene rings is 1. The van der Waals surface area contributed by atoms with Crippen LogP contribution in [0.5, 0.6) is 0 Å². The van der Waals surface area contributed by atoms with Crippen molar-refractivity contribution in [3.63, 3.8) is 0 Å². The lowest BCUT2D eigenvalue weighted by Crippen LogP contribution is -2.26. The summed E-state index contributed by atoms with van der Waals surface area (Å²) in [4.78, 5) is 28.2. The Morgan fingerprint density at radius 3 is 2.59 bits per heavy atom. The van der Waals surface area contributed by atoms with Crippen molar-refractivity contribution < 1.29 is 27.5 Å². The van der Waals surface area contributed by atoms with Crippen molar-refractivity contribution in [1.29, 1.82) is 0 Å². The van der Waals surface area contributed by atoms with Crippen LogP contribution in [0, 0.1) is 0 Å². The molecule has 1 aromatic carbocycles. The number of nitrogens with zero attached hydrogens (tertiary/aromatic N) is 1. The molecule has 2 aromatic rings. The number of alkyl halides is 3. The van der Waals surface area contributed by atoms with Gasteiger partial charge in [-0.05, 0) is 30.7 Å². The summed E-state index contributed by atoms with van der Waals surface area (Å²) in [6.45, 7) is 0.846. The Kier molecular flexibility index (Phi) is 6.89. The molecule has 0 aliphatic carbocycles. The van der Waals surface area contributed by atoms with Crippen LogP contribution in [0.3, 0.4) is 0 Å². The molecule has 0 unspecified atom stereocenters. The molecule has 2 N–H and O–H groups in total. The summed E-state index contributed by atoms with van der Waals surface area (Å²) in [6, 6.07) is 7.18. The maximum absolute atomic E-state index is 13.0. The van der Waals surface area contributed by atoms with Gasteiger partial charge < -0.3 is 15.4 Å². The number of methoxy groups -OCH3 is 1. The van der Waals surface area contributed by atoms with Crippen LogP contribution in [0.25, 0.3) is 0 Å². The maximum atomic E-state index is 13.0. The number of aromatic nitrogens is 1. The van der Waals surface area contributed by atoms with Gasteiger partial charge in [-0.15, -0.1) is 0 Å². The number of anilines is 1. The average molecular weight is 381 g/mol. The van der Waals surface area contributed by atoms with Gasteiger partial charge in [0, 0.05) is 32.0 Å². The van der Waals surface area contributed by atoms with Crippen molar-refractivity contribution in [2.45, 2.75) is 12.6 Å². The molecule has 0 saturated heterocycles. The molecule has 0 radical (unpaired) electrons. The molecule has 0 bridgehead atoms. The van der Waals surface area contributed by atoms with Gasteiger partial charge in [-0.3, -0.25) is 14.6 Å². The topological polar surface area (TPSA) is 80.3 Å². The van der Waals surface area contributed by atoms with E-state index in [1.165, 1.54) is 30.5 Å². The fraction of sp³-hybridized carbons (Fsp3) is 0.278. The Morgan fingerprint density at radius 2 is 1.89 bits per heavy atom. The highest BCUT2D eigenvalue weighted by Gasteiger charge is 2.33. The summed E-state index contributed by atoms with van der Waals surface area (Å²) in [6.07, 6.45) is -2.75. The number of hydrogen-bond acceptors (Lipinski definition) is 4. The number of rotatable bonds is 7. The van der Waals surface area contributed by atoms with E-state index in [1.54, 1.807) is 7.11 Å². The third-order valence-corrected chi connectivity index (χ3v) is 3.55. The molecule has 9 heteroatoms. The lowest BCUT2D eigenvalue weighted by atomic mass is 10.1. The number of para-hydroxylation sites is 1. The first-order valence-corrected chi connectivity index (χ1v) is 8.03. The van der Waals surface area contributed by atoms with Crippen LogP contribution in [-0.2, 0) is 10.9 Å². The number of hydrogen-bond donors (Lipinski definition) is 2. The quantitative estimate of drug-likeness (QED) is 0.723. The third-order valence-electron chi connectivity index (χ3n) is 3.55. The highest BCUT2D eigenvalue weighted by Crippen LogP contribution is 2.34. The zero-order valence-corrected chi connectivity index (χ0v) is 14.5. The average Bonchev–Trinajstić information content (AvgIpc) is 2.64. The molecule has 1 aromatic heterocycles. The Bertz CT molecular complexity index is 810. The van der Waals surface area contributed by atoms with E-state index in [-0.39, 0.29) is 16.9 Å². The van der Waals surface area contributed by atoms with Crippen molar-refractivity contribution >= 4 is 17.5 Å². The molecule has 27 heavy (non-hydrogen) atoms. The van der Waals surface area contributed by atoms with E-state index in [1.807, 2.05) is 0 Å². The van der Waals surface area contributed by atoms with Crippen molar-refractivity contribution in [3.8, 4) is 0 Å². The predicted molar refractivity (Wildman–Crippen MR) is 92.5 cm³/mol. The number of amides is 2. The van der Waals surface area contributed by atoms with E-state index < -0.39 is 23.6 Å². The second-order valence-corrected chi connectivity index (χ2v) is 5.53. The van der Waals surface area contributed by atoms with Gasteiger partial charge in [0.2, 0.25) is 0 Å². The molecule has 144 valence electrons. The van der Waals surface area contributed by atoms with Crippen LogP contribution in [0.15, 0.2) is 42.6 Å². The molecule has 0 fully saturated rings. The first-order chi connectivity index (χ1) is 12.8. The zero-order chi connectivity index (χ0) is 19.9. The van der Waals surface area contributed by atoms with E-state index in [0.717, 1.165) is 12.1 Å². The van der Waals surface area contributed by atoms with E-state index in [0.29, 0.717) is 19.6 Å². The molecule has 0 saturated carbocycles. The summed E-state index contributed by atoms with van der Waals surface area (Å²) in [5.74, 6) is -1.26. The largest absolute Gasteiger partial charge is 0.418 e. The fourth-order valence-corrected chi connectivity index (χ4v) is 2.24. The van der Waals surface area contributed by atoms with Crippen LogP contribution < -0.4 is 10.6 Å². The van der Waals surface area contributed by atoms with Crippen LogP contribution in [0.1, 0.15) is 32.8 Å². The summed E-state index contributed by atoms with van der Waals surface area (Å²) in [5.41, 5.74) is -1.31. The van der Waals surface area contributed by atoms with Crippen molar-refractivity contribution in [3.05, 3.63) is 59.4 Å². The van der Waals surface area contributed by atoms with Crippen LogP contribution in [-0.4, -0.2) is 37.1 Å². The maximum Gasteiger partial charge on any atom is 0.418 e. The summed E-state index contributed by atoms with van der Waals surface area (Å²) < 4.78 is 43.9. The normalized spacial score (nSPS) is 11.1. The van der Waals surface area contributed by atoms with Crippen molar-refractivity contribution in [2.24, 2.45) is 0 Å². The molecule has 2 rings (SSSR count).